The van der Waals surface area contributed by atoms with Gasteiger partial charge in [0, 0.05) is 0 Å². The van der Waals surface area contributed by atoms with Gasteiger partial charge in [-0.3, -0.25) is 9.59 Å². The van der Waals surface area contributed by atoms with Crippen molar-refractivity contribution in [2.45, 2.75) is 57.0 Å². The van der Waals surface area contributed by atoms with Crippen LogP contribution < -0.4 is 10.6 Å². The van der Waals surface area contributed by atoms with E-state index in [0.717, 1.165) is 38.6 Å². The molecule has 0 aromatic rings. The summed E-state index contributed by atoms with van der Waals surface area (Å²) in [5.74, 6) is -0.527. The predicted molar refractivity (Wildman–Crippen MR) is 67.2 cm³/mol. The zero-order chi connectivity index (χ0) is 13.2. The van der Waals surface area contributed by atoms with Crippen LogP contribution in [-0.2, 0) is 9.59 Å². The summed E-state index contributed by atoms with van der Waals surface area (Å²) in [6.07, 6.45) is 4.62. The van der Waals surface area contributed by atoms with Gasteiger partial charge in [0.1, 0.15) is 0 Å². The van der Waals surface area contributed by atoms with Gasteiger partial charge in [0.05, 0.1) is 18.0 Å². The van der Waals surface area contributed by atoms with Gasteiger partial charge in [0.25, 0.3) is 0 Å². The van der Waals surface area contributed by atoms with Gasteiger partial charge in [-0.25, -0.2) is 0 Å². The molecule has 1 heterocycles. The molecule has 1 saturated heterocycles. The third-order valence-corrected chi connectivity index (χ3v) is 4.25. The molecule has 0 spiro atoms. The molecule has 18 heavy (non-hydrogen) atoms. The van der Waals surface area contributed by atoms with Crippen LogP contribution >= 0.6 is 0 Å². The molecule has 2 aliphatic rings. The number of carboxylic acid groups (broad SMARTS) is 1. The summed E-state index contributed by atoms with van der Waals surface area (Å²) >= 11 is 0. The first-order chi connectivity index (χ1) is 8.52. The van der Waals surface area contributed by atoms with Crippen LogP contribution in [0.2, 0.25) is 0 Å². The van der Waals surface area contributed by atoms with Crippen molar-refractivity contribution in [3.8, 4) is 0 Å². The zero-order valence-electron chi connectivity index (χ0n) is 10.9. The van der Waals surface area contributed by atoms with Gasteiger partial charge in [0.15, 0.2) is 0 Å². The summed E-state index contributed by atoms with van der Waals surface area (Å²) in [6, 6.07) is -0.156. The predicted octanol–water partition coefficient (Wildman–Crippen LogP) is 0.888. The Hall–Kier alpha value is -1.10. The Morgan fingerprint density at radius 1 is 1.39 bits per heavy atom. The number of carbonyl (C=O) groups is 2. The smallest absolute Gasteiger partial charge is 0.305 e. The van der Waals surface area contributed by atoms with Crippen LogP contribution in [0.4, 0.5) is 0 Å². The minimum absolute atomic E-state index is 0.0249. The van der Waals surface area contributed by atoms with Crippen molar-refractivity contribution in [1.29, 1.82) is 0 Å². The number of rotatable bonds is 4. The van der Waals surface area contributed by atoms with E-state index in [0.29, 0.717) is 5.92 Å². The Morgan fingerprint density at radius 3 is 2.56 bits per heavy atom. The molecule has 2 fully saturated rings. The number of hydrogen-bond acceptors (Lipinski definition) is 3. The van der Waals surface area contributed by atoms with Crippen molar-refractivity contribution in [1.82, 2.24) is 10.6 Å². The SMILES string of the molecule is CC1CCNC1C(=O)NC1(CC(=O)O)CCCC1. The lowest BCUT2D eigenvalue weighted by Crippen LogP contribution is -2.54. The van der Waals surface area contributed by atoms with E-state index in [1.165, 1.54) is 0 Å². The maximum Gasteiger partial charge on any atom is 0.305 e. The normalized spacial score (nSPS) is 30.3. The zero-order valence-corrected chi connectivity index (χ0v) is 10.9. The number of carbonyl (C=O) groups excluding carboxylic acids is 1. The fourth-order valence-electron chi connectivity index (χ4n) is 3.21. The molecular formula is C13H22N2O3. The van der Waals surface area contributed by atoms with E-state index in [1.54, 1.807) is 0 Å². The third kappa shape index (κ3) is 2.83. The van der Waals surface area contributed by atoms with Crippen molar-refractivity contribution in [3.05, 3.63) is 0 Å². The fraction of sp³-hybridized carbons (Fsp3) is 0.846. The number of carboxylic acids is 1. The van der Waals surface area contributed by atoms with Crippen molar-refractivity contribution < 1.29 is 14.7 Å². The van der Waals surface area contributed by atoms with E-state index in [4.69, 9.17) is 5.11 Å². The number of nitrogens with one attached hydrogen (secondary N) is 2. The second-order valence-electron chi connectivity index (χ2n) is 5.74. The summed E-state index contributed by atoms with van der Waals surface area (Å²) in [5, 5.41) is 15.2. The largest absolute Gasteiger partial charge is 0.481 e. The molecule has 102 valence electrons. The highest BCUT2D eigenvalue weighted by molar-refractivity contribution is 5.84. The van der Waals surface area contributed by atoms with E-state index < -0.39 is 11.5 Å². The first-order valence-corrected chi connectivity index (χ1v) is 6.80. The van der Waals surface area contributed by atoms with Crippen LogP contribution in [0.25, 0.3) is 0 Å². The average molecular weight is 254 g/mol. The Morgan fingerprint density at radius 2 is 2.06 bits per heavy atom. The Kier molecular flexibility index (Phi) is 3.90. The van der Waals surface area contributed by atoms with Crippen molar-refractivity contribution >= 4 is 11.9 Å². The highest BCUT2D eigenvalue weighted by atomic mass is 16.4. The number of hydrogen-bond donors (Lipinski definition) is 3. The van der Waals surface area contributed by atoms with Gasteiger partial charge in [-0.05, 0) is 31.7 Å². The summed E-state index contributed by atoms with van der Waals surface area (Å²) in [6.45, 7) is 2.92. The van der Waals surface area contributed by atoms with Crippen LogP contribution in [-0.4, -0.2) is 35.1 Å². The molecule has 0 radical (unpaired) electrons. The molecule has 1 aliphatic carbocycles. The first-order valence-electron chi connectivity index (χ1n) is 6.80. The molecule has 1 saturated carbocycles. The fourth-order valence-corrected chi connectivity index (χ4v) is 3.21. The average Bonchev–Trinajstić information content (AvgIpc) is 2.86. The highest BCUT2D eigenvalue weighted by Gasteiger charge is 2.40. The molecule has 2 unspecified atom stereocenters. The minimum atomic E-state index is -0.829. The van der Waals surface area contributed by atoms with Gasteiger partial charge in [-0.15, -0.1) is 0 Å². The van der Waals surface area contributed by atoms with E-state index in [1.807, 2.05) is 0 Å². The maximum atomic E-state index is 12.2. The third-order valence-electron chi connectivity index (χ3n) is 4.25. The van der Waals surface area contributed by atoms with Crippen LogP contribution in [0, 0.1) is 5.92 Å². The molecule has 5 heteroatoms. The molecular weight excluding hydrogens is 232 g/mol. The Bertz CT molecular complexity index is 337. The number of aliphatic carboxylic acids is 1. The number of amides is 1. The molecule has 1 aliphatic heterocycles. The monoisotopic (exact) mass is 254 g/mol. The highest BCUT2D eigenvalue weighted by Crippen LogP contribution is 2.33. The molecule has 2 atom stereocenters. The van der Waals surface area contributed by atoms with Gasteiger partial charge >= 0.3 is 5.97 Å². The van der Waals surface area contributed by atoms with Gasteiger partial charge in [-0.1, -0.05) is 19.8 Å². The Labute approximate surface area is 107 Å². The van der Waals surface area contributed by atoms with Crippen LogP contribution in [0.1, 0.15) is 45.4 Å². The Balaban J connectivity index is 2.00. The van der Waals surface area contributed by atoms with Crippen LogP contribution in [0.5, 0.6) is 0 Å². The lowest BCUT2D eigenvalue weighted by Gasteiger charge is -2.30. The minimum Gasteiger partial charge on any atom is -0.481 e. The van der Waals surface area contributed by atoms with Crippen molar-refractivity contribution in [2.24, 2.45) is 5.92 Å². The van der Waals surface area contributed by atoms with Crippen molar-refractivity contribution in [3.63, 3.8) is 0 Å². The van der Waals surface area contributed by atoms with Crippen molar-refractivity contribution in [2.75, 3.05) is 6.54 Å². The molecule has 0 aromatic carbocycles. The van der Waals surface area contributed by atoms with E-state index in [9.17, 15) is 9.59 Å². The van der Waals surface area contributed by atoms with Crippen LogP contribution in [0.3, 0.4) is 0 Å². The molecule has 1 amide bonds. The maximum absolute atomic E-state index is 12.2. The second-order valence-corrected chi connectivity index (χ2v) is 5.74. The standard InChI is InChI=1S/C13H22N2O3/c1-9-4-7-14-11(9)12(18)15-13(8-10(16)17)5-2-3-6-13/h9,11,14H,2-8H2,1H3,(H,15,18)(H,16,17). The second kappa shape index (κ2) is 5.26. The molecule has 0 bridgehead atoms. The molecule has 5 nitrogen and oxygen atoms in total. The lowest BCUT2D eigenvalue weighted by atomic mass is 9.92. The van der Waals surface area contributed by atoms with E-state index >= 15 is 0 Å². The van der Waals surface area contributed by atoms with Gasteiger partial charge in [0.2, 0.25) is 5.91 Å². The summed E-state index contributed by atoms with van der Waals surface area (Å²) in [7, 11) is 0. The van der Waals surface area contributed by atoms with Crippen LogP contribution in [0.15, 0.2) is 0 Å². The van der Waals surface area contributed by atoms with E-state index in [-0.39, 0.29) is 18.4 Å². The molecule has 0 aromatic heterocycles. The summed E-state index contributed by atoms with van der Waals surface area (Å²) in [4.78, 5) is 23.2. The molecule has 3 N–H and O–H groups in total. The summed E-state index contributed by atoms with van der Waals surface area (Å²) in [5.41, 5.74) is -0.507. The van der Waals surface area contributed by atoms with Gasteiger partial charge in [-0.2, -0.15) is 0 Å². The van der Waals surface area contributed by atoms with E-state index in [2.05, 4.69) is 17.6 Å². The quantitative estimate of drug-likeness (QED) is 0.696. The summed E-state index contributed by atoms with van der Waals surface area (Å²) < 4.78 is 0. The topological polar surface area (TPSA) is 78.4 Å². The first kappa shape index (κ1) is 13.3. The lowest BCUT2D eigenvalue weighted by molar-refractivity contribution is -0.139. The molecule has 2 rings (SSSR count). The van der Waals surface area contributed by atoms with Gasteiger partial charge < -0.3 is 15.7 Å².